The molecule has 0 radical (unpaired) electrons. The van der Waals surface area contributed by atoms with Gasteiger partial charge in [0.1, 0.15) is 0 Å². The van der Waals surface area contributed by atoms with Gasteiger partial charge in [0.05, 0.1) is 5.75 Å². The van der Waals surface area contributed by atoms with Crippen LogP contribution in [0.1, 0.15) is 28.8 Å². The third-order valence-corrected chi connectivity index (χ3v) is 5.95. The third kappa shape index (κ3) is 6.39. The topological polar surface area (TPSA) is 131 Å². The van der Waals surface area contributed by atoms with Crippen molar-refractivity contribution in [3.05, 3.63) is 59.7 Å². The minimum Gasteiger partial charge on any atom is -0.348 e. The highest BCUT2D eigenvalue weighted by Gasteiger charge is 2.29. The van der Waals surface area contributed by atoms with Crippen LogP contribution in [0.25, 0.3) is 0 Å². The summed E-state index contributed by atoms with van der Waals surface area (Å²) >= 11 is 1.23. The smallest absolute Gasteiger partial charge is 0.251 e. The number of nitrogens with one attached hydrogen (secondary N) is 3. The van der Waals surface area contributed by atoms with Crippen molar-refractivity contribution in [2.24, 2.45) is 13.0 Å². The summed E-state index contributed by atoms with van der Waals surface area (Å²) in [5.41, 5.74) is 2.68. The Balaban J connectivity index is 1.24. The van der Waals surface area contributed by atoms with Gasteiger partial charge in [0.15, 0.2) is 0 Å². The zero-order valence-corrected chi connectivity index (χ0v) is 18.8. The van der Waals surface area contributed by atoms with Crippen LogP contribution in [0.2, 0.25) is 0 Å². The third-order valence-electron chi connectivity index (χ3n) is 4.94. The molecule has 1 aliphatic carbocycles. The fourth-order valence-corrected chi connectivity index (χ4v) is 3.66. The Bertz CT molecular complexity index is 1160. The molecule has 1 heterocycles. The molecule has 33 heavy (non-hydrogen) atoms. The van der Waals surface area contributed by atoms with E-state index in [9.17, 15) is 14.4 Å². The highest BCUT2D eigenvalue weighted by Crippen LogP contribution is 2.30. The monoisotopic (exact) mass is 465 g/mol. The Labute approximate surface area is 194 Å². The van der Waals surface area contributed by atoms with Gasteiger partial charge < -0.3 is 16.0 Å². The van der Waals surface area contributed by atoms with Crippen LogP contribution in [0.15, 0.2) is 53.7 Å². The number of carbonyl (C=O) groups excluding carboxylic acids is 3. The summed E-state index contributed by atoms with van der Waals surface area (Å²) < 4.78 is 1.49. The lowest BCUT2D eigenvalue weighted by atomic mass is 10.1. The molecule has 0 bridgehead atoms. The zero-order chi connectivity index (χ0) is 23.2. The molecule has 1 aromatic heterocycles. The van der Waals surface area contributed by atoms with Crippen molar-refractivity contribution in [2.75, 3.05) is 16.4 Å². The van der Waals surface area contributed by atoms with Crippen LogP contribution >= 0.6 is 11.8 Å². The van der Waals surface area contributed by atoms with E-state index >= 15 is 0 Å². The highest BCUT2D eigenvalue weighted by molar-refractivity contribution is 7.99. The van der Waals surface area contributed by atoms with Crippen LogP contribution in [0, 0.1) is 5.92 Å². The molecule has 0 atom stereocenters. The lowest BCUT2D eigenvalue weighted by molar-refractivity contribution is -0.117. The van der Waals surface area contributed by atoms with Gasteiger partial charge in [0, 0.05) is 36.4 Å². The number of nitrogens with zero attached hydrogens (tertiary/aromatic N) is 4. The molecule has 1 aliphatic rings. The van der Waals surface area contributed by atoms with Gasteiger partial charge in [-0.25, -0.2) is 4.68 Å². The Morgan fingerprint density at radius 2 is 1.85 bits per heavy atom. The molecule has 2 aromatic carbocycles. The van der Waals surface area contributed by atoms with E-state index in [0.717, 1.165) is 24.1 Å². The minimum atomic E-state index is -0.231. The summed E-state index contributed by atoms with van der Waals surface area (Å²) in [5.74, 6) is -0.0846. The molecular weight excluding hydrogens is 442 g/mol. The predicted octanol–water partition coefficient (Wildman–Crippen LogP) is 2.22. The molecule has 0 aliphatic heterocycles. The fraction of sp³-hybridized carbons (Fsp3) is 0.273. The van der Waals surface area contributed by atoms with Crippen LogP contribution in [0.5, 0.6) is 0 Å². The lowest BCUT2D eigenvalue weighted by Crippen LogP contribution is -2.23. The van der Waals surface area contributed by atoms with Crippen molar-refractivity contribution >= 4 is 40.9 Å². The second-order valence-corrected chi connectivity index (χ2v) is 8.59. The van der Waals surface area contributed by atoms with E-state index in [1.54, 1.807) is 31.3 Å². The number of hydrogen-bond donors (Lipinski definition) is 3. The molecule has 0 saturated heterocycles. The van der Waals surface area contributed by atoms with Gasteiger partial charge in [-0.15, -0.1) is 5.10 Å². The first-order chi connectivity index (χ1) is 16.0. The Morgan fingerprint density at radius 3 is 2.55 bits per heavy atom. The van der Waals surface area contributed by atoms with E-state index in [1.807, 2.05) is 24.3 Å². The van der Waals surface area contributed by atoms with E-state index < -0.39 is 0 Å². The molecule has 3 N–H and O–H groups in total. The lowest BCUT2D eigenvalue weighted by Gasteiger charge is -2.09. The van der Waals surface area contributed by atoms with Gasteiger partial charge in [-0.3, -0.25) is 14.4 Å². The normalized spacial score (nSPS) is 12.8. The number of rotatable bonds is 9. The number of carbonyl (C=O) groups is 3. The molecule has 0 unspecified atom stereocenters. The number of thioether (sulfide) groups is 1. The summed E-state index contributed by atoms with van der Waals surface area (Å²) in [6.45, 7) is 0.332. The quantitative estimate of drug-likeness (QED) is 0.413. The first kappa shape index (κ1) is 22.5. The van der Waals surface area contributed by atoms with Gasteiger partial charge in [0.2, 0.25) is 17.0 Å². The maximum Gasteiger partial charge on any atom is 0.251 e. The van der Waals surface area contributed by atoms with Crippen molar-refractivity contribution < 1.29 is 14.4 Å². The van der Waals surface area contributed by atoms with Crippen LogP contribution < -0.4 is 16.0 Å². The van der Waals surface area contributed by atoms with Gasteiger partial charge >= 0.3 is 0 Å². The average Bonchev–Trinajstić information content (AvgIpc) is 3.59. The molecule has 3 amide bonds. The Hall–Kier alpha value is -3.73. The standard InChI is InChI=1S/C22H23N7O3S/c1-29-22(26-27-28-29)33-13-19(30)24-17-9-7-15(8-10-17)20(31)23-12-14-3-2-4-18(11-14)25-21(32)16-5-6-16/h2-4,7-11,16H,5-6,12-13H2,1H3,(H,23,31)(H,24,30)(H,25,32). The zero-order valence-electron chi connectivity index (χ0n) is 17.9. The van der Waals surface area contributed by atoms with Crippen molar-refractivity contribution in [3.8, 4) is 0 Å². The maximum absolute atomic E-state index is 12.5. The number of hydrogen-bond acceptors (Lipinski definition) is 7. The van der Waals surface area contributed by atoms with E-state index in [2.05, 4.69) is 31.5 Å². The minimum absolute atomic E-state index is 0.0487. The molecule has 0 spiro atoms. The van der Waals surface area contributed by atoms with Crippen LogP contribution in [-0.2, 0) is 23.2 Å². The number of amides is 3. The molecule has 10 nitrogen and oxygen atoms in total. The van der Waals surface area contributed by atoms with Crippen LogP contribution in [-0.4, -0.2) is 43.7 Å². The second-order valence-electron chi connectivity index (χ2n) is 7.65. The molecule has 11 heteroatoms. The Kier molecular flexibility index (Phi) is 6.98. The van der Waals surface area contributed by atoms with Crippen molar-refractivity contribution in [3.63, 3.8) is 0 Å². The van der Waals surface area contributed by atoms with Crippen molar-refractivity contribution in [2.45, 2.75) is 24.5 Å². The fourth-order valence-electron chi connectivity index (χ4n) is 3.01. The summed E-state index contributed by atoms with van der Waals surface area (Å²) in [7, 11) is 1.70. The summed E-state index contributed by atoms with van der Waals surface area (Å²) in [6, 6.07) is 14.1. The molecule has 4 rings (SSSR count). The SMILES string of the molecule is Cn1nnnc1SCC(=O)Nc1ccc(C(=O)NCc2cccc(NC(=O)C3CC3)c2)cc1. The largest absolute Gasteiger partial charge is 0.348 e. The molecule has 170 valence electrons. The number of aryl methyl sites for hydroxylation is 1. The Morgan fingerprint density at radius 1 is 1.06 bits per heavy atom. The van der Waals surface area contributed by atoms with Gasteiger partial charge in [-0.2, -0.15) is 0 Å². The summed E-state index contributed by atoms with van der Waals surface area (Å²) in [4.78, 5) is 36.5. The van der Waals surface area contributed by atoms with Gasteiger partial charge in [-0.1, -0.05) is 23.9 Å². The number of anilines is 2. The number of benzene rings is 2. The van der Waals surface area contributed by atoms with E-state index in [0.29, 0.717) is 23.0 Å². The van der Waals surface area contributed by atoms with E-state index in [1.165, 1.54) is 16.4 Å². The highest BCUT2D eigenvalue weighted by atomic mass is 32.2. The molecular formula is C22H23N7O3S. The van der Waals surface area contributed by atoms with Crippen molar-refractivity contribution in [1.82, 2.24) is 25.5 Å². The average molecular weight is 466 g/mol. The molecule has 1 fully saturated rings. The first-order valence-electron chi connectivity index (χ1n) is 10.4. The van der Waals surface area contributed by atoms with Crippen LogP contribution in [0.4, 0.5) is 11.4 Å². The summed E-state index contributed by atoms with van der Waals surface area (Å²) in [6.07, 6.45) is 1.90. The predicted molar refractivity (Wildman–Crippen MR) is 124 cm³/mol. The van der Waals surface area contributed by atoms with E-state index in [-0.39, 0.29) is 29.4 Å². The summed E-state index contributed by atoms with van der Waals surface area (Å²) in [5, 5.41) is 20.2. The number of aromatic nitrogens is 4. The van der Waals surface area contributed by atoms with E-state index in [4.69, 9.17) is 0 Å². The molecule has 3 aromatic rings. The van der Waals surface area contributed by atoms with Gasteiger partial charge in [-0.05, 0) is 65.2 Å². The first-order valence-corrected chi connectivity index (χ1v) is 11.4. The molecule has 1 saturated carbocycles. The van der Waals surface area contributed by atoms with Crippen molar-refractivity contribution in [1.29, 1.82) is 0 Å². The van der Waals surface area contributed by atoms with Gasteiger partial charge in [0.25, 0.3) is 5.91 Å². The number of tetrazole rings is 1. The van der Waals surface area contributed by atoms with Crippen LogP contribution in [0.3, 0.4) is 0 Å². The maximum atomic E-state index is 12.5. The second kappa shape index (κ2) is 10.3.